The summed E-state index contributed by atoms with van der Waals surface area (Å²) in [6.45, 7) is 31.9. The topological polar surface area (TPSA) is 50.9 Å². The van der Waals surface area contributed by atoms with Crippen molar-refractivity contribution in [3.63, 3.8) is 0 Å². The van der Waals surface area contributed by atoms with Gasteiger partial charge in [0.05, 0.1) is 38.2 Å². The van der Waals surface area contributed by atoms with E-state index in [0.717, 1.165) is 94.6 Å². The molecule has 0 bridgehead atoms. The number of hydrogen-bond donors (Lipinski definition) is 1. The van der Waals surface area contributed by atoms with Crippen molar-refractivity contribution in [2.45, 2.75) is 132 Å². The fourth-order valence-corrected chi connectivity index (χ4v) is 11.4. The standard InChI is InChI=1S/C64H66F3N3OS/c1-36-28-37(2)55(47(29-36)39-20-17-16-18-21-39)70-51-23-19-22-46(54(51)69-59(70)48-33-45(62(10,11)12)34-49(56(48)71)63(13,14)15)41-30-42(32-44(31-41)61(7,8)9)53-58-52(50(35-68-53)64(65,66)67)38(3)57(72-58)40-24-26-43(27-25-40)60(4,5)6/h16-35,71H,1-15H3. The van der Waals surface area contributed by atoms with E-state index in [1.54, 1.807) is 6.92 Å². The quantitative estimate of drug-likeness (QED) is 0.181. The second kappa shape index (κ2) is 17.6. The second-order valence-corrected chi connectivity index (χ2v) is 24.9. The van der Waals surface area contributed by atoms with Crippen molar-refractivity contribution in [2.24, 2.45) is 0 Å². The summed E-state index contributed by atoms with van der Waals surface area (Å²) in [6, 6.07) is 39.8. The predicted molar refractivity (Wildman–Crippen MR) is 297 cm³/mol. The van der Waals surface area contributed by atoms with Gasteiger partial charge in [0.25, 0.3) is 0 Å². The van der Waals surface area contributed by atoms with E-state index in [2.05, 4.69) is 199 Å². The number of imidazole rings is 1. The molecule has 8 heteroatoms. The van der Waals surface area contributed by atoms with Crippen LogP contribution in [0, 0.1) is 20.8 Å². The Morgan fingerprint density at radius 1 is 0.542 bits per heavy atom. The van der Waals surface area contributed by atoms with Gasteiger partial charge in [0.15, 0.2) is 0 Å². The van der Waals surface area contributed by atoms with Crippen LogP contribution in [0.5, 0.6) is 5.75 Å². The Balaban J connectivity index is 1.36. The van der Waals surface area contributed by atoms with Crippen molar-refractivity contribution >= 4 is 32.5 Å². The number of fused-ring (bicyclic) bond motifs is 2. The highest BCUT2D eigenvalue weighted by Crippen LogP contribution is 2.50. The first-order valence-corrected chi connectivity index (χ1v) is 25.7. The number of phenolic OH excluding ortho intramolecular Hbond substituents is 1. The lowest BCUT2D eigenvalue weighted by atomic mass is 9.79. The number of alkyl halides is 3. The van der Waals surface area contributed by atoms with Crippen LogP contribution in [-0.2, 0) is 27.8 Å². The minimum absolute atomic E-state index is 0.0757. The minimum Gasteiger partial charge on any atom is -0.507 e. The lowest BCUT2D eigenvalue weighted by Gasteiger charge is -2.28. The molecule has 0 unspecified atom stereocenters. The van der Waals surface area contributed by atoms with Crippen molar-refractivity contribution in [1.82, 2.24) is 14.5 Å². The molecule has 4 nitrogen and oxygen atoms in total. The minimum atomic E-state index is -4.61. The summed E-state index contributed by atoms with van der Waals surface area (Å²) in [4.78, 5) is 11.2. The number of aromatic nitrogens is 3. The summed E-state index contributed by atoms with van der Waals surface area (Å²) in [5.74, 6) is 0.788. The molecular weight excluding hydrogens is 916 g/mol. The van der Waals surface area contributed by atoms with Gasteiger partial charge in [0.2, 0.25) is 0 Å². The third-order valence-corrected chi connectivity index (χ3v) is 15.5. The van der Waals surface area contributed by atoms with Crippen molar-refractivity contribution in [1.29, 1.82) is 0 Å². The lowest BCUT2D eigenvalue weighted by Crippen LogP contribution is -2.17. The number of halogens is 3. The molecule has 9 aromatic rings. The maximum absolute atomic E-state index is 15.1. The molecule has 0 fully saturated rings. The van der Waals surface area contributed by atoms with Crippen LogP contribution in [0.15, 0.2) is 121 Å². The smallest absolute Gasteiger partial charge is 0.418 e. The van der Waals surface area contributed by atoms with Crippen LogP contribution < -0.4 is 0 Å². The Kier molecular flexibility index (Phi) is 12.3. The zero-order valence-electron chi connectivity index (χ0n) is 44.4. The highest BCUT2D eigenvalue weighted by molar-refractivity contribution is 7.23. The van der Waals surface area contributed by atoms with Gasteiger partial charge in [-0.25, -0.2) is 4.98 Å². The molecule has 370 valence electrons. The molecule has 0 saturated carbocycles. The SMILES string of the molecule is Cc1cc(C)c(-n2c(-c3cc(C(C)(C)C)cc(C(C)(C)C)c3O)nc3c(-c4cc(-c5ncc(C(F)(F)F)c6c(C)c(-c7ccc(C(C)(C)C)cc7)sc56)cc(C(C)(C)C)c4)cccc32)c(-c2ccccc2)c1. The summed E-state index contributed by atoms with van der Waals surface area (Å²) < 4.78 is 47.9. The molecule has 0 aliphatic heterocycles. The molecule has 3 heterocycles. The summed E-state index contributed by atoms with van der Waals surface area (Å²) in [5, 5.41) is 12.8. The Morgan fingerprint density at radius 2 is 1.17 bits per heavy atom. The van der Waals surface area contributed by atoms with Crippen molar-refractivity contribution in [2.75, 3.05) is 0 Å². The van der Waals surface area contributed by atoms with Crippen LogP contribution >= 0.6 is 11.3 Å². The molecule has 6 aromatic carbocycles. The first-order valence-electron chi connectivity index (χ1n) is 24.9. The summed E-state index contributed by atoms with van der Waals surface area (Å²) in [5.41, 5.74) is 14.0. The van der Waals surface area contributed by atoms with Gasteiger partial charge in [-0.05, 0) is 117 Å². The number of para-hydroxylation sites is 1. The molecule has 0 aliphatic carbocycles. The van der Waals surface area contributed by atoms with Crippen LogP contribution in [0.25, 0.3) is 82.1 Å². The highest BCUT2D eigenvalue weighted by Gasteiger charge is 2.36. The maximum atomic E-state index is 15.1. The number of nitrogens with zero attached hydrogens (tertiary/aromatic N) is 3. The molecule has 0 atom stereocenters. The maximum Gasteiger partial charge on any atom is 0.418 e. The van der Waals surface area contributed by atoms with Crippen LogP contribution in [0.3, 0.4) is 0 Å². The van der Waals surface area contributed by atoms with Crippen LogP contribution in [0.1, 0.15) is 128 Å². The predicted octanol–water partition coefficient (Wildman–Crippen LogP) is 18.8. The zero-order chi connectivity index (χ0) is 52.2. The Bertz CT molecular complexity index is 3570. The molecule has 0 amide bonds. The van der Waals surface area contributed by atoms with E-state index in [9.17, 15) is 5.11 Å². The molecule has 9 rings (SSSR count). The number of benzene rings is 6. The summed E-state index contributed by atoms with van der Waals surface area (Å²) in [7, 11) is 0. The normalized spacial score (nSPS) is 12.9. The van der Waals surface area contributed by atoms with Gasteiger partial charge in [-0.3, -0.25) is 9.55 Å². The van der Waals surface area contributed by atoms with E-state index in [4.69, 9.17) is 9.97 Å². The number of hydrogen-bond acceptors (Lipinski definition) is 4. The number of pyridine rings is 1. The third-order valence-electron chi connectivity index (χ3n) is 14.1. The van der Waals surface area contributed by atoms with Gasteiger partial charge in [-0.1, -0.05) is 174 Å². The average molecular weight is 982 g/mol. The van der Waals surface area contributed by atoms with E-state index in [1.165, 1.54) is 11.3 Å². The van der Waals surface area contributed by atoms with E-state index in [1.807, 2.05) is 18.2 Å². The molecule has 0 spiro atoms. The van der Waals surface area contributed by atoms with Gasteiger partial charge in [-0.2, -0.15) is 13.2 Å². The largest absolute Gasteiger partial charge is 0.507 e. The van der Waals surface area contributed by atoms with Crippen LogP contribution in [0.4, 0.5) is 13.2 Å². The van der Waals surface area contributed by atoms with Crippen molar-refractivity contribution in [3.05, 3.63) is 166 Å². The fraction of sp³-hybridized carbons (Fsp3) is 0.312. The van der Waals surface area contributed by atoms with Crippen molar-refractivity contribution in [3.8, 4) is 66.8 Å². The van der Waals surface area contributed by atoms with E-state index in [0.29, 0.717) is 27.3 Å². The van der Waals surface area contributed by atoms with E-state index >= 15 is 13.2 Å². The first kappa shape index (κ1) is 50.4. The Hall–Kier alpha value is -6.51. The van der Waals surface area contributed by atoms with Gasteiger partial charge >= 0.3 is 6.18 Å². The van der Waals surface area contributed by atoms with Gasteiger partial charge in [0.1, 0.15) is 11.6 Å². The zero-order valence-corrected chi connectivity index (χ0v) is 45.2. The molecule has 0 radical (unpaired) electrons. The third kappa shape index (κ3) is 9.16. The lowest BCUT2D eigenvalue weighted by molar-refractivity contribution is -0.136. The van der Waals surface area contributed by atoms with Crippen LogP contribution in [0.2, 0.25) is 0 Å². The Labute approximate surface area is 427 Å². The van der Waals surface area contributed by atoms with E-state index < -0.39 is 17.2 Å². The van der Waals surface area contributed by atoms with Crippen molar-refractivity contribution < 1.29 is 18.3 Å². The first-order chi connectivity index (χ1) is 33.5. The average Bonchev–Trinajstić information content (AvgIpc) is 3.85. The number of aromatic hydroxyl groups is 1. The molecule has 72 heavy (non-hydrogen) atoms. The van der Waals surface area contributed by atoms with Gasteiger partial charge < -0.3 is 5.11 Å². The van der Waals surface area contributed by atoms with Crippen LogP contribution in [-0.4, -0.2) is 19.6 Å². The molecule has 0 saturated heterocycles. The summed E-state index contributed by atoms with van der Waals surface area (Å²) >= 11 is 1.37. The Morgan fingerprint density at radius 3 is 1.78 bits per heavy atom. The fourth-order valence-electron chi connectivity index (χ4n) is 10.1. The number of aryl methyl sites for hydroxylation is 3. The summed E-state index contributed by atoms with van der Waals surface area (Å²) in [6.07, 6.45) is -3.60. The van der Waals surface area contributed by atoms with Gasteiger partial charge in [0, 0.05) is 38.7 Å². The molecule has 3 aromatic heterocycles. The second-order valence-electron chi connectivity index (χ2n) is 23.9. The molecule has 1 N–H and O–H groups in total. The highest BCUT2D eigenvalue weighted by atomic mass is 32.1. The molecule has 0 aliphatic rings. The van der Waals surface area contributed by atoms with E-state index in [-0.39, 0.29) is 27.4 Å². The monoisotopic (exact) mass is 981 g/mol. The number of thiophene rings is 1. The molecular formula is C64H66F3N3OS. The number of rotatable bonds is 6. The number of phenols is 1. The van der Waals surface area contributed by atoms with Gasteiger partial charge in [-0.15, -0.1) is 11.3 Å².